The first kappa shape index (κ1) is 11.2. The van der Waals surface area contributed by atoms with E-state index in [2.05, 4.69) is 17.1 Å². The molecule has 3 N–H and O–H groups in total. The second-order valence-electron chi connectivity index (χ2n) is 4.40. The van der Waals surface area contributed by atoms with Gasteiger partial charge in [-0.2, -0.15) is 0 Å². The van der Waals surface area contributed by atoms with Gasteiger partial charge in [-0.05, 0) is 13.0 Å². The number of piperazine rings is 1. The summed E-state index contributed by atoms with van der Waals surface area (Å²) in [6, 6.07) is 5.27. The van der Waals surface area contributed by atoms with Gasteiger partial charge in [0.2, 0.25) is 0 Å². The Hall–Kier alpha value is -1.26. The topological polar surface area (TPSA) is 55.7 Å². The molecule has 0 aromatic heterocycles. The number of aromatic hydroxyl groups is 2. The molecular formula is C12H18N2O2. The molecule has 4 nitrogen and oxygen atoms in total. The van der Waals surface area contributed by atoms with Crippen LogP contribution in [0.1, 0.15) is 12.5 Å². The summed E-state index contributed by atoms with van der Waals surface area (Å²) in [5.41, 5.74) is 0.868. The summed E-state index contributed by atoms with van der Waals surface area (Å²) in [5, 5.41) is 22.3. The van der Waals surface area contributed by atoms with Crippen LogP contribution in [0, 0.1) is 0 Å². The van der Waals surface area contributed by atoms with E-state index in [-0.39, 0.29) is 11.5 Å². The van der Waals surface area contributed by atoms with E-state index >= 15 is 0 Å². The minimum atomic E-state index is 0.106. The number of nitrogens with zero attached hydrogens (tertiary/aromatic N) is 1. The Morgan fingerprint density at radius 1 is 1.44 bits per heavy atom. The third-order valence-electron chi connectivity index (χ3n) is 2.92. The fraction of sp³-hybridized carbons (Fsp3) is 0.500. The van der Waals surface area contributed by atoms with Gasteiger partial charge < -0.3 is 15.5 Å². The summed E-state index contributed by atoms with van der Waals surface area (Å²) in [7, 11) is 0. The first-order chi connectivity index (χ1) is 7.65. The number of benzene rings is 1. The largest absolute Gasteiger partial charge is 0.508 e. The number of phenolic OH excluding ortho intramolecular Hbond substituents is 2. The molecule has 4 heteroatoms. The monoisotopic (exact) mass is 222 g/mol. The molecule has 1 aliphatic rings. The summed E-state index contributed by atoms with van der Waals surface area (Å²) in [5.74, 6) is 0.279. The van der Waals surface area contributed by atoms with E-state index in [1.54, 1.807) is 12.1 Å². The van der Waals surface area contributed by atoms with Crippen molar-refractivity contribution in [1.29, 1.82) is 0 Å². The summed E-state index contributed by atoms with van der Waals surface area (Å²) < 4.78 is 0. The molecule has 1 aliphatic heterocycles. The summed E-state index contributed by atoms with van der Waals surface area (Å²) in [6.07, 6.45) is 0. The van der Waals surface area contributed by atoms with Crippen molar-refractivity contribution in [3.05, 3.63) is 23.8 Å². The van der Waals surface area contributed by atoms with Crippen LogP contribution in [0.2, 0.25) is 0 Å². The van der Waals surface area contributed by atoms with Crippen molar-refractivity contribution in [2.45, 2.75) is 19.5 Å². The van der Waals surface area contributed by atoms with Gasteiger partial charge in [-0.15, -0.1) is 0 Å². The second-order valence-corrected chi connectivity index (χ2v) is 4.40. The molecule has 2 rings (SSSR count). The highest BCUT2D eigenvalue weighted by Gasteiger charge is 2.16. The van der Waals surface area contributed by atoms with Crippen LogP contribution in [0.4, 0.5) is 0 Å². The minimum absolute atomic E-state index is 0.106. The van der Waals surface area contributed by atoms with E-state index in [1.165, 1.54) is 6.07 Å². The van der Waals surface area contributed by atoms with Crippen LogP contribution in [0.25, 0.3) is 0 Å². The smallest absolute Gasteiger partial charge is 0.123 e. The minimum Gasteiger partial charge on any atom is -0.508 e. The maximum atomic E-state index is 9.69. The van der Waals surface area contributed by atoms with Gasteiger partial charge in [0.15, 0.2) is 0 Å². The van der Waals surface area contributed by atoms with E-state index in [0.29, 0.717) is 6.04 Å². The van der Waals surface area contributed by atoms with Crippen LogP contribution >= 0.6 is 0 Å². The Balaban J connectivity index is 2.02. The first-order valence-electron chi connectivity index (χ1n) is 5.62. The molecular weight excluding hydrogens is 204 g/mol. The standard InChI is InChI=1S/C12H18N2O2/c1-9-7-14(5-4-13-9)8-10-2-3-11(15)6-12(10)16/h2-3,6,9,13,15-16H,4-5,7-8H2,1H3/t9-/m1/s1. The van der Waals surface area contributed by atoms with E-state index in [1.807, 2.05) is 0 Å². The van der Waals surface area contributed by atoms with Gasteiger partial charge in [0.25, 0.3) is 0 Å². The Labute approximate surface area is 95.5 Å². The lowest BCUT2D eigenvalue weighted by atomic mass is 10.1. The van der Waals surface area contributed by atoms with Crippen molar-refractivity contribution in [3.63, 3.8) is 0 Å². The summed E-state index contributed by atoms with van der Waals surface area (Å²) in [4.78, 5) is 2.30. The highest BCUT2D eigenvalue weighted by molar-refractivity contribution is 5.38. The predicted molar refractivity (Wildman–Crippen MR) is 62.5 cm³/mol. The molecule has 0 aliphatic carbocycles. The lowest BCUT2D eigenvalue weighted by Gasteiger charge is -2.31. The van der Waals surface area contributed by atoms with Crippen molar-refractivity contribution in [1.82, 2.24) is 10.2 Å². The quantitative estimate of drug-likeness (QED) is 0.695. The molecule has 0 spiro atoms. The Morgan fingerprint density at radius 3 is 2.94 bits per heavy atom. The maximum Gasteiger partial charge on any atom is 0.123 e. The average molecular weight is 222 g/mol. The molecule has 1 aromatic rings. The normalized spacial score (nSPS) is 22.2. The molecule has 0 saturated carbocycles. The number of phenols is 2. The lowest BCUT2D eigenvalue weighted by molar-refractivity contribution is 0.198. The highest BCUT2D eigenvalue weighted by Crippen LogP contribution is 2.24. The zero-order valence-electron chi connectivity index (χ0n) is 9.48. The predicted octanol–water partition coefficient (Wildman–Crippen LogP) is 0.891. The molecule has 1 aromatic carbocycles. The Kier molecular flexibility index (Phi) is 3.31. The summed E-state index contributed by atoms with van der Waals surface area (Å²) >= 11 is 0. The van der Waals surface area contributed by atoms with Gasteiger partial charge >= 0.3 is 0 Å². The van der Waals surface area contributed by atoms with Crippen LogP contribution in [-0.4, -0.2) is 40.8 Å². The number of nitrogens with one attached hydrogen (secondary N) is 1. The van der Waals surface area contributed by atoms with Crippen molar-refractivity contribution in [2.24, 2.45) is 0 Å². The van der Waals surface area contributed by atoms with Crippen molar-refractivity contribution < 1.29 is 10.2 Å². The number of hydrogen-bond acceptors (Lipinski definition) is 4. The molecule has 0 amide bonds. The highest BCUT2D eigenvalue weighted by atomic mass is 16.3. The van der Waals surface area contributed by atoms with Gasteiger partial charge in [0.1, 0.15) is 11.5 Å². The molecule has 1 saturated heterocycles. The van der Waals surface area contributed by atoms with Gasteiger partial charge in [0.05, 0.1) is 0 Å². The van der Waals surface area contributed by atoms with Crippen LogP contribution in [-0.2, 0) is 6.54 Å². The molecule has 0 unspecified atom stereocenters. The molecule has 16 heavy (non-hydrogen) atoms. The molecule has 0 bridgehead atoms. The fourth-order valence-corrected chi connectivity index (χ4v) is 2.08. The average Bonchev–Trinajstić information content (AvgIpc) is 2.22. The fourth-order valence-electron chi connectivity index (χ4n) is 2.08. The first-order valence-corrected chi connectivity index (χ1v) is 5.62. The SMILES string of the molecule is C[C@@H]1CN(Cc2ccc(O)cc2O)CCN1. The zero-order chi connectivity index (χ0) is 11.5. The third kappa shape index (κ3) is 2.65. The van der Waals surface area contributed by atoms with Crippen LogP contribution in [0.15, 0.2) is 18.2 Å². The Morgan fingerprint density at radius 2 is 2.25 bits per heavy atom. The molecule has 1 heterocycles. The van der Waals surface area contributed by atoms with Crippen LogP contribution in [0.3, 0.4) is 0 Å². The van der Waals surface area contributed by atoms with Gasteiger partial charge in [-0.1, -0.05) is 6.07 Å². The molecule has 1 atom stereocenters. The molecule has 1 fully saturated rings. The van der Waals surface area contributed by atoms with E-state index in [4.69, 9.17) is 0 Å². The molecule has 88 valence electrons. The van der Waals surface area contributed by atoms with Crippen molar-refractivity contribution in [2.75, 3.05) is 19.6 Å². The van der Waals surface area contributed by atoms with E-state index in [9.17, 15) is 10.2 Å². The number of rotatable bonds is 2. The van der Waals surface area contributed by atoms with E-state index in [0.717, 1.165) is 31.7 Å². The molecule has 0 radical (unpaired) electrons. The third-order valence-corrected chi connectivity index (χ3v) is 2.92. The van der Waals surface area contributed by atoms with Gasteiger partial charge in [-0.25, -0.2) is 0 Å². The maximum absolute atomic E-state index is 9.69. The van der Waals surface area contributed by atoms with E-state index < -0.39 is 0 Å². The van der Waals surface area contributed by atoms with Gasteiger partial charge in [0, 0.05) is 43.9 Å². The summed E-state index contributed by atoms with van der Waals surface area (Å²) in [6.45, 7) is 5.85. The van der Waals surface area contributed by atoms with Crippen LogP contribution in [0.5, 0.6) is 11.5 Å². The lowest BCUT2D eigenvalue weighted by Crippen LogP contribution is -2.48. The van der Waals surface area contributed by atoms with Crippen molar-refractivity contribution in [3.8, 4) is 11.5 Å². The van der Waals surface area contributed by atoms with Crippen LogP contribution < -0.4 is 5.32 Å². The zero-order valence-corrected chi connectivity index (χ0v) is 9.48. The second kappa shape index (κ2) is 4.72. The van der Waals surface area contributed by atoms with Gasteiger partial charge in [-0.3, -0.25) is 4.90 Å². The number of hydrogen-bond donors (Lipinski definition) is 3. The van der Waals surface area contributed by atoms with Crippen molar-refractivity contribution >= 4 is 0 Å². The Bertz CT molecular complexity index is 368.